The van der Waals surface area contributed by atoms with E-state index in [2.05, 4.69) is 20.4 Å². The molecule has 1 aliphatic rings. The minimum Gasteiger partial charge on any atom is -0.346 e. The second kappa shape index (κ2) is 5.16. The number of nitrogens with zero attached hydrogens (tertiary/aromatic N) is 4. The average Bonchev–Trinajstić information content (AvgIpc) is 3.05. The van der Waals surface area contributed by atoms with Gasteiger partial charge in [-0.15, -0.1) is 5.10 Å². The molecule has 0 spiro atoms. The molecule has 2 aromatic rings. The summed E-state index contributed by atoms with van der Waals surface area (Å²) in [5.74, 6) is 0.711. The SMILES string of the molecule is Cc1ccnc2nc(C(=O)NC3CCCC3CN)nn12. The van der Waals surface area contributed by atoms with Crippen molar-refractivity contribution < 1.29 is 4.79 Å². The van der Waals surface area contributed by atoms with Crippen molar-refractivity contribution in [1.29, 1.82) is 0 Å². The van der Waals surface area contributed by atoms with Gasteiger partial charge >= 0.3 is 0 Å². The minimum absolute atomic E-state index is 0.133. The maximum atomic E-state index is 12.2. The number of rotatable bonds is 3. The van der Waals surface area contributed by atoms with E-state index >= 15 is 0 Å². The van der Waals surface area contributed by atoms with E-state index in [0.29, 0.717) is 18.2 Å². The van der Waals surface area contributed by atoms with E-state index in [9.17, 15) is 4.79 Å². The summed E-state index contributed by atoms with van der Waals surface area (Å²) in [5.41, 5.74) is 6.61. The molecule has 0 radical (unpaired) electrons. The summed E-state index contributed by atoms with van der Waals surface area (Å²) < 4.78 is 1.57. The van der Waals surface area contributed by atoms with Gasteiger partial charge in [-0.1, -0.05) is 6.42 Å². The smallest absolute Gasteiger partial charge is 0.291 e. The molecular formula is C13H18N6O. The zero-order chi connectivity index (χ0) is 14.1. The second-order valence-electron chi connectivity index (χ2n) is 5.24. The highest BCUT2D eigenvalue weighted by atomic mass is 16.2. The van der Waals surface area contributed by atoms with Crippen LogP contribution in [0.25, 0.3) is 5.78 Å². The molecular weight excluding hydrogens is 256 g/mol. The molecule has 7 nitrogen and oxygen atoms in total. The zero-order valence-corrected chi connectivity index (χ0v) is 11.4. The molecule has 1 fully saturated rings. The van der Waals surface area contributed by atoms with Crippen molar-refractivity contribution in [2.24, 2.45) is 11.7 Å². The predicted molar refractivity (Wildman–Crippen MR) is 73.2 cm³/mol. The van der Waals surface area contributed by atoms with Crippen LogP contribution in [0.15, 0.2) is 12.3 Å². The molecule has 0 aliphatic heterocycles. The Morgan fingerprint density at radius 2 is 2.40 bits per heavy atom. The second-order valence-corrected chi connectivity index (χ2v) is 5.24. The summed E-state index contributed by atoms with van der Waals surface area (Å²) in [6.45, 7) is 2.50. The molecule has 0 aromatic carbocycles. The lowest BCUT2D eigenvalue weighted by molar-refractivity contribution is 0.0918. The van der Waals surface area contributed by atoms with Crippen molar-refractivity contribution in [3.63, 3.8) is 0 Å². The van der Waals surface area contributed by atoms with Crippen LogP contribution in [0.4, 0.5) is 0 Å². The van der Waals surface area contributed by atoms with E-state index in [-0.39, 0.29) is 17.8 Å². The molecule has 7 heteroatoms. The summed E-state index contributed by atoms with van der Waals surface area (Å²) in [7, 11) is 0. The molecule has 3 N–H and O–H groups in total. The first kappa shape index (κ1) is 13.0. The zero-order valence-electron chi connectivity index (χ0n) is 11.4. The number of amides is 1. The lowest BCUT2D eigenvalue weighted by Crippen LogP contribution is -2.40. The van der Waals surface area contributed by atoms with Crippen LogP contribution in [0.1, 0.15) is 35.6 Å². The van der Waals surface area contributed by atoms with E-state index < -0.39 is 0 Å². The highest BCUT2D eigenvalue weighted by Gasteiger charge is 2.28. The van der Waals surface area contributed by atoms with Crippen molar-refractivity contribution in [3.05, 3.63) is 23.8 Å². The third kappa shape index (κ3) is 2.24. The van der Waals surface area contributed by atoms with Gasteiger partial charge in [0.15, 0.2) is 0 Å². The molecule has 2 heterocycles. The summed E-state index contributed by atoms with van der Waals surface area (Å²) in [6, 6.07) is 1.96. The molecule has 2 unspecified atom stereocenters. The standard InChI is InChI=1S/C13H18N6O/c1-8-5-6-15-13-17-11(18-19(8)13)12(20)16-10-4-2-3-9(10)7-14/h5-6,9-10H,2-4,7,14H2,1H3,(H,16,20). The summed E-state index contributed by atoms with van der Waals surface area (Å²) >= 11 is 0. The Morgan fingerprint density at radius 3 is 3.15 bits per heavy atom. The Bertz CT molecular complexity index is 637. The summed E-state index contributed by atoms with van der Waals surface area (Å²) in [4.78, 5) is 20.5. The number of carbonyl (C=O) groups is 1. The van der Waals surface area contributed by atoms with E-state index in [4.69, 9.17) is 5.73 Å². The average molecular weight is 274 g/mol. The fourth-order valence-corrected chi connectivity index (χ4v) is 2.74. The number of carbonyl (C=O) groups excluding carboxylic acids is 1. The van der Waals surface area contributed by atoms with Crippen LogP contribution in [-0.4, -0.2) is 38.1 Å². The van der Waals surface area contributed by atoms with Gasteiger partial charge < -0.3 is 11.1 Å². The van der Waals surface area contributed by atoms with Gasteiger partial charge in [0, 0.05) is 17.9 Å². The Hall–Kier alpha value is -2.02. The van der Waals surface area contributed by atoms with Crippen LogP contribution >= 0.6 is 0 Å². The van der Waals surface area contributed by atoms with Gasteiger partial charge in [0.05, 0.1) is 0 Å². The maximum absolute atomic E-state index is 12.2. The Morgan fingerprint density at radius 1 is 1.55 bits per heavy atom. The fourth-order valence-electron chi connectivity index (χ4n) is 2.74. The van der Waals surface area contributed by atoms with E-state index in [1.807, 2.05) is 13.0 Å². The van der Waals surface area contributed by atoms with E-state index in [0.717, 1.165) is 25.0 Å². The van der Waals surface area contributed by atoms with Crippen molar-refractivity contribution >= 4 is 11.7 Å². The van der Waals surface area contributed by atoms with Crippen LogP contribution in [0.5, 0.6) is 0 Å². The first-order chi connectivity index (χ1) is 9.69. The van der Waals surface area contributed by atoms with Crippen molar-refractivity contribution in [3.8, 4) is 0 Å². The van der Waals surface area contributed by atoms with Crippen LogP contribution in [-0.2, 0) is 0 Å². The van der Waals surface area contributed by atoms with Crippen LogP contribution < -0.4 is 11.1 Å². The number of aryl methyl sites for hydroxylation is 1. The maximum Gasteiger partial charge on any atom is 0.291 e. The number of aromatic nitrogens is 4. The fraction of sp³-hybridized carbons (Fsp3) is 0.538. The highest BCUT2D eigenvalue weighted by molar-refractivity contribution is 5.91. The van der Waals surface area contributed by atoms with Gasteiger partial charge in [-0.3, -0.25) is 4.79 Å². The minimum atomic E-state index is -0.250. The van der Waals surface area contributed by atoms with Gasteiger partial charge in [0.25, 0.3) is 11.7 Å². The normalized spacial score (nSPS) is 22.3. The predicted octanol–water partition coefficient (Wildman–Crippen LogP) is 0.290. The highest BCUT2D eigenvalue weighted by Crippen LogP contribution is 2.24. The molecule has 2 atom stereocenters. The lowest BCUT2D eigenvalue weighted by atomic mass is 10.0. The molecule has 0 bridgehead atoms. The van der Waals surface area contributed by atoms with Gasteiger partial charge in [-0.2, -0.15) is 4.98 Å². The van der Waals surface area contributed by atoms with Crippen LogP contribution in [0, 0.1) is 12.8 Å². The Balaban J connectivity index is 1.80. The largest absolute Gasteiger partial charge is 0.346 e. The van der Waals surface area contributed by atoms with Gasteiger partial charge in [-0.25, -0.2) is 9.50 Å². The molecule has 20 heavy (non-hydrogen) atoms. The number of nitrogens with one attached hydrogen (secondary N) is 1. The lowest BCUT2D eigenvalue weighted by Gasteiger charge is -2.18. The third-order valence-corrected chi connectivity index (χ3v) is 3.91. The molecule has 106 valence electrons. The Kier molecular flexibility index (Phi) is 3.35. The third-order valence-electron chi connectivity index (χ3n) is 3.91. The quantitative estimate of drug-likeness (QED) is 0.838. The van der Waals surface area contributed by atoms with Crippen molar-refractivity contribution in [2.45, 2.75) is 32.2 Å². The van der Waals surface area contributed by atoms with Gasteiger partial charge in [0.1, 0.15) is 0 Å². The first-order valence-corrected chi connectivity index (χ1v) is 6.88. The molecule has 1 saturated carbocycles. The number of hydrogen-bond donors (Lipinski definition) is 2. The number of fused-ring (bicyclic) bond motifs is 1. The van der Waals surface area contributed by atoms with Crippen molar-refractivity contribution in [1.82, 2.24) is 24.9 Å². The topological polar surface area (TPSA) is 98.2 Å². The molecule has 0 saturated heterocycles. The molecule has 2 aromatic heterocycles. The number of nitrogens with two attached hydrogens (primary N) is 1. The van der Waals surface area contributed by atoms with E-state index in [1.165, 1.54) is 0 Å². The summed E-state index contributed by atoms with van der Waals surface area (Å²) in [6.07, 6.45) is 4.80. The Labute approximate surface area is 116 Å². The van der Waals surface area contributed by atoms with Crippen LogP contribution in [0.2, 0.25) is 0 Å². The first-order valence-electron chi connectivity index (χ1n) is 6.88. The monoisotopic (exact) mass is 274 g/mol. The number of hydrogen-bond acceptors (Lipinski definition) is 5. The molecule has 1 amide bonds. The summed E-state index contributed by atoms with van der Waals surface area (Å²) in [5, 5.41) is 7.20. The van der Waals surface area contributed by atoms with Crippen LogP contribution in [0.3, 0.4) is 0 Å². The molecule has 3 rings (SSSR count). The van der Waals surface area contributed by atoms with Gasteiger partial charge in [-0.05, 0) is 38.3 Å². The molecule has 1 aliphatic carbocycles. The van der Waals surface area contributed by atoms with Crippen molar-refractivity contribution in [2.75, 3.05) is 6.54 Å². The van der Waals surface area contributed by atoms with Gasteiger partial charge in [0.2, 0.25) is 5.82 Å². The van der Waals surface area contributed by atoms with E-state index in [1.54, 1.807) is 10.7 Å².